The van der Waals surface area contributed by atoms with Crippen LogP contribution in [0.1, 0.15) is 147 Å². The van der Waals surface area contributed by atoms with E-state index >= 15 is 0 Å². The molecule has 21 N–H and O–H groups in total. The van der Waals surface area contributed by atoms with E-state index in [4.69, 9.17) is 52.1 Å². The highest BCUT2D eigenvalue weighted by atomic mass is 32.1. The number of unbranched alkanes of at least 4 members (excludes halogenated alkanes) is 14. The Kier molecular flexibility index (Phi) is 38.3. The number of ether oxygens (including phenoxy) is 11. The topological polar surface area (TPSA) is 609 Å². The minimum absolute atomic E-state index is 0.00248. The fraction of sp³-hybridized carbons (Fsp3) is 0.836. The first-order chi connectivity index (χ1) is 51.0. The highest BCUT2D eigenvalue weighted by Gasteiger charge is 2.62. The van der Waals surface area contributed by atoms with E-state index in [1.54, 1.807) is 6.92 Å². The molecule has 0 aromatic carbocycles. The molecular formula is C67H111N5O34S. The predicted octanol–water partition coefficient (Wildman–Crippen LogP) is -5.47. The molecule has 28 atom stereocenters. The van der Waals surface area contributed by atoms with Gasteiger partial charge < -0.3 is 155 Å². The van der Waals surface area contributed by atoms with Crippen molar-refractivity contribution in [2.24, 2.45) is 0 Å². The van der Waals surface area contributed by atoms with Gasteiger partial charge in [-0.1, -0.05) is 96.8 Å². The van der Waals surface area contributed by atoms with Crippen LogP contribution in [0.4, 0.5) is 5.13 Å². The molecule has 4 amide bonds. The van der Waals surface area contributed by atoms with Gasteiger partial charge in [0.05, 0.1) is 70.5 Å². The summed E-state index contributed by atoms with van der Waals surface area (Å²) in [6.07, 6.45) is -34.1. The van der Waals surface area contributed by atoms with Crippen molar-refractivity contribution in [3.05, 3.63) is 23.2 Å². The average Bonchev–Trinajstić information content (AvgIpc) is 0.972. The number of aromatic nitrogens is 1. The number of hydrogen-bond donors (Lipinski definition) is 21. The van der Waals surface area contributed by atoms with Crippen molar-refractivity contribution in [1.29, 1.82) is 0 Å². The highest BCUT2D eigenvalue weighted by molar-refractivity contribution is 7.14. The van der Waals surface area contributed by atoms with E-state index in [1.165, 1.54) is 56.7 Å². The van der Waals surface area contributed by atoms with Crippen LogP contribution in [0.25, 0.3) is 0 Å². The third kappa shape index (κ3) is 25.6. The van der Waals surface area contributed by atoms with Gasteiger partial charge in [0.1, 0.15) is 116 Å². The van der Waals surface area contributed by atoms with Gasteiger partial charge in [-0.15, -0.1) is 11.3 Å². The average molecular weight is 1560 g/mol. The van der Waals surface area contributed by atoms with Gasteiger partial charge in [-0.05, 0) is 19.4 Å². The molecule has 5 aliphatic heterocycles. The van der Waals surface area contributed by atoms with Gasteiger partial charge in [-0.25, -0.2) is 14.6 Å². The van der Waals surface area contributed by atoms with E-state index < -0.39 is 253 Å². The maximum atomic E-state index is 13.8. The lowest BCUT2D eigenvalue weighted by Crippen LogP contribution is -2.72. The smallest absolute Gasteiger partial charge is 0.364 e. The number of carbonyl (C=O) groups is 6. The molecule has 614 valence electrons. The van der Waals surface area contributed by atoms with Gasteiger partial charge >= 0.3 is 11.9 Å². The minimum atomic E-state index is -3.42. The number of esters is 1. The second kappa shape index (κ2) is 45.0. The van der Waals surface area contributed by atoms with Crippen LogP contribution in [0.3, 0.4) is 0 Å². The van der Waals surface area contributed by atoms with Crippen molar-refractivity contribution < 1.29 is 168 Å². The zero-order valence-corrected chi connectivity index (χ0v) is 61.0. The molecule has 0 spiro atoms. The van der Waals surface area contributed by atoms with Gasteiger partial charge in [0, 0.05) is 38.1 Å². The Bertz CT molecular complexity index is 2890. The zero-order chi connectivity index (χ0) is 78.8. The summed E-state index contributed by atoms with van der Waals surface area (Å²) in [5.74, 6) is -9.58. The molecule has 5 aliphatic rings. The largest absolute Gasteiger partial charge is 0.477 e. The summed E-state index contributed by atoms with van der Waals surface area (Å²) in [4.78, 5) is 82.2. The first kappa shape index (κ1) is 91.0. The zero-order valence-electron chi connectivity index (χ0n) is 60.2. The maximum Gasteiger partial charge on any atom is 0.364 e. The van der Waals surface area contributed by atoms with Crippen LogP contribution in [-0.2, 0) is 76.1 Å². The highest BCUT2D eigenvalue weighted by Crippen LogP contribution is 2.41. The molecule has 5 saturated heterocycles. The summed E-state index contributed by atoms with van der Waals surface area (Å²) in [5.41, 5.74) is -0.0761. The monoisotopic (exact) mass is 1560 g/mol. The van der Waals surface area contributed by atoms with Crippen LogP contribution in [0.5, 0.6) is 0 Å². The quantitative estimate of drug-likeness (QED) is 0.0165. The lowest BCUT2D eigenvalue weighted by molar-refractivity contribution is -0.403. The molecular weight excluding hydrogens is 1450 g/mol. The number of carboxylic acids is 1. The van der Waals surface area contributed by atoms with Gasteiger partial charge in [-0.3, -0.25) is 24.5 Å². The molecule has 107 heavy (non-hydrogen) atoms. The summed E-state index contributed by atoms with van der Waals surface area (Å²) < 4.78 is 64.5. The van der Waals surface area contributed by atoms with Crippen LogP contribution in [-0.4, -0.2) is 345 Å². The molecule has 5 fully saturated rings. The van der Waals surface area contributed by atoms with E-state index in [1.807, 2.05) is 0 Å². The van der Waals surface area contributed by atoms with Crippen LogP contribution in [0.15, 0.2) is 17.5 Å². The Balaban J connectivity index is 1.26. The van der Waals surface area contributed by atoms with E-state index in [0.717, 1.165) is 69.4 Å². The Morgan fingerprint density at radius 1 is 0.607 bits per heavy atom. The number of aliphatic hydroxyl groups is 16. The summed E-state index contributed by atoms with van der Waals surface area (Å²) in [7, 11) is 0. The molecule has 2 unspecified atom stereocenters. The van der Waals surface area contributed by atoms with Crippen molar-refractivity contribution in [1.82, 2.24) is 20.9 Å². The molecule has 6 rings (SSSR count). The number of nitrogens with one attached hydrogen (secondary N) is 4. The minimum Gasteiger partial charge on any atom is -0.477 e. The Morgan fingerprint density at radius 2 is 1.12 bits per heavy atom. The van der Waals surface area contributed by atoms with Crippen molar-refractivity contribution >= 4 is 52.0 Å². The number of aliphatic hydroxyl groups excluding tert-OH is 16. The molecule has 0 saturated carbocycles. The second-order valence-electron chi connectivity index (χ2n) is 27.1. The van der Waals surface area contributed by atoms with Gasteiger partial charge in [0.2, 0.25) is 23.6 Å². The number of anilines is 1. The van der Waals surface area contributed by atoms with Gasteiger partial charge in [0.15, 0.2) is 36.0 Å². The SMILES string of the molecule is CCCCCCCCCCCCCCCCCC(=O)N[C@@H](CO[C@@H]1O[C@H](CO)[C@@H](O[C@@H]2O[C@H](CO)[C@H](O[C@@H]3O[C@H](CO)[C@H](O)[C@H](O[C@@H]4O[C@H](CO)[C@H](O)[C@H](O)[C@H]4O)[C@H]3NC(C)=O)[C@H](O[C@]3(C(=O)O)C[C@H](O)C(NC(C)=O)C([C@H](O)[C@H](O)CO)O3)[C@H]2O)[C@H](O)[C@H]1O)[C@H](O)/C=C/C(=O)Nc1nc(C(=O)OCC)cs1. The first-order valence-corrected chi connectivity index (χ1v) is 37.2. The van der Waals surface area contributed by atoms with E-state index in [-0.39, 0.29) is 23.9 Å². The molecule has 0 bridgehead atoms. The van der Waals surface area contributed by atoms with Gasteiger partial charge in [0.25, 0.3) is 5.79 Å². The fourth-order valence-electron chi connectivity index (χ4n) is 13.1. The first-order valence-electron chi connectivity index (χ1n) is 36.3. The van der Waals surface area contributed by atoms with E-state index in [2.05, 4.69) is 33.2 Å². The summed E-state index contributed by atoms with van der Waals surface area (Å²) in [5, 5.41) is 200. The van der Waals surface area contributed by atoms with E-state index in [9.17, 15) is 116 Å². The number of rotatable bonds is 44. The van der Waals surface area contributed by atoms with Gasteiger partial charge in [-0.2, -0.15) is 0 Å². The third-order valence-corrected chi connectivity index (χ3v) is 19.7. The Morgan fingerprint density at radius 3 is 1.69 bits per heavy atom. The predicted molar refractivity (Wildman–Crippen MR) is 364 cm³/mol. The Labute approximate surface area is 621 Å². The van der Waals surface area contributed by atoms with Crippen LogP contribution in [0.2, 0.25) is 0 Å². The van der Waals surface area contributed by atoms with Crippen molar-refractivity contribution in [3.63, 3.8) is 0 Å². The number of thiazole rings is 1. The number of nitrogens with zero attached hydrogens (tertiary/aromatic N) is 1. The van der Waals surface area contributed by atoms with E-state index in [0.29, 0.717) is 12.8 Å². The number of aliphatic carboxylic acids is 1. The summed E-state index contributed by atoms with van der Waals surface area (Å²) >= 11 is 0.904. The Hall–Kier alpha value is -4.85. The third-order valence-electron chi connectivity index (χ3n) is 18.9. The van der Waals surface area contributed by atoms with Crippen LogP contribution < -0.4 is 21.3 Å². The van der Waals surface area contributed by atoms with Crippen molar-refractivity contribution in [2.45, 2.75) is 308 Å². The number of amides is 4. The lowest BCUT2D eigenvalue weighted by atomic mass is 9.88. The number of carboxylic acid groups (broad SMARTS) is 1. The lowest BCUT2D eigenvalue weighted by Gasteiger charge is -2.52. The second-order valence-corrected chi connectivity index (χ2v) is 28.0. The molecule has 1 aromatic heterocycles. The summed E-state index contributed by atoms with van der Waals surface area (Å²) in [6.45, 7) is -0.721. The number of carbonyl (C=O) groups excluding carboxylic acids is 5. The maximum absolute atomic E-state index is 13.8. The molecule has 6 heterocycles. The summed E-state index contributed by atoms with van der Waals surface area (Å²) in [6, 6.07) is -5.17. The molecule has 39 nitrogen and oxygen atoms in total. The molecule has 1 aromatic rings. The van der Waals surface area contributed by atoms with Crippen LogP contribution >= 0.6 is 11.3 Å². The number of hydrogen-bond acceptors (Lipinski definition) is 35. The molecule has 40 heteroatoms. The van der Waals surface area contributed by atoms with Crippen molar-refractivity contribution in [3.8, 4) is 0 Å². The standard InChI is InChI=1S/C67H111N5O34S/c1-5-7-8-9-10-11-12-13-14-15-16-17-18-19-20-21-43(83)70-34(36(80)22-23-44(84)72-66-71-35(31-107-66)60(93)96-6-2)30-97-62-53(91)51(89)55(41(28-76)100-62)102-64-54(92)59(106-67(65(94)95)24-37(81)45(68-32(3)78)58(105-67)47(85)38(82)25-73)56(42(29-77)101-64)103-61-46(69-33(4)79)57(49(87)40(27-75)98-61)104-63-52(90)50(88)48(86)39(26-74)99-63/h22-23,31,34,36-42,45-59,61-64,73-77,80-82,85-92H,5-21,24-30H2,1-4H3,(H,68,78)(H,69,79)(H,70,83)(H,94,95)(H,71,72,84)/b23-22+/t34-,36+,37-,38+,39+,40+,41+,42+,45?,46+,47+,48-,49-,50-,51+,52+,53+,54+,55+,56-,57+,58?,59+,61-,62+,63-,64-,67-/m0/s1. The van der Waals surface area contributed by atoms with Crippen molar-refractivity contribution in [2.75, 3.05) is 51.6 Å². The fourth-order valence-corrected chi connectivity index (χ4v) is 13.8. The van der Waals surface area contributed by atoms with Crippen LogP contribution in [0, 0.1) is 0 Å². The molecule has 0 aliphatic carbocycles. The normalized spacial score (nSPS) is 34.4. The molecule has 0 radical (unpaired) electrons.